The lowest BCUT2D eigenvalue weighted by atomic mass is 10.2. The Morgan fingerprint density at radius 1 is 1.04 bits per heavy atom. The average Bonchev–Trinajstić information content (AvgIpc) is 2.97. The Hall–Kier alpha value is -3.23. The van der Waals surface area contributed by atoms with Gasteiger partial charge in [-0.15, -0.1) is 0 Å². The molecule has 0 radical (unpaired) electrons. The Balaban J connectivity index is 1.80. The zero-order chi connectivity index (χ0) is 19.8. The van der Waals surface area contributed by atoms with Crippen LogP contribution >= 0.6 is 0 Å². The van der Waals surface area contributed by atoms with Crippen LogP contribution in [0.2, 0.25) is 0 Å². The van der Waals surface area contributed by atoms with Crippen molar-refractivity contribution in [3.8, 4) is 5.69 Å². The monoisotopic (exact) mass is 381 g/mol. The second kappa shape index (κ2) is 6.82. The summed E-state index contributed by atoms with van der Waals surface area (Å²) >= 11 is 0. The minimum absolute atomic E-state index is 0.285. The van der Waals surface area contributed by atoms with Crippen LogP contribution in [0.3, 0.4) is 0 Å². The molecule has 0 aliphatic carbocycles. The summed E-state index contributed by atoms with van der Waals surface area (Å²) in [6.07, 6.45) is -4.55. The largest absolute Gasteiger partial charge is 0.435 e. The normalized spacial score (nSPS) is 11.5. The molecule has 0 saturated carbocycles. The van der Waals surface area contributed by atoms with Gasteiger partial charge in [0.05, 0.1) is 11.3 Å². The van der Waals surface area contributed by atoms with Gasteiger partial charge in [-0.05, 0) is 49.4 Å². The van der Waals surface area contributed by atoms with Gasteiger partial charge in [0.1, 0.15) is 11.6 Å². The van der Waals surface area contributed by atoms with Gasteiger partial charge in [-0.1, -0.05) is 0 Å². The number of aryl methyl sites for hydroxylation is 1. The third-order valence-corrected chi connectivity index (χ3v) is 3.72. The van der Waals surface area contributed by atoms with Crippen LogP contribution in [0.5, 0.6) is 0 Å². The molecule has 0 bridgehead atoms. The zero-order valence-corrected chi connectivity index (χ0v) is 13.8. The van der Waals surface area contributed by atoms with Gasteiger partial charge in [0, 0.05) is 17.4 Å². The molecule has 3 aromatic rings. The van der Waals surface area contributed by atoms with Crippen LogP contribution < -0.4 is 5.32 Å². The molecule has 0 aliphatic rings. The first-order valence-corrected chi connectivity index (χ1v) is 7.66. The number of benzene rings is 2. The third kappa shape index (κ3) is 3.97. The summed E-state index contributed by atoms with van der Waals surface area (Å²) in [4.78, 5) is 12.1. The first-order chi connectivity index (χ1) is 12.6. The second-order valence-electron chi connectivity index (χ2n) is 5.71. The highest BCUT2D eigenvalue weighted by Crippen LogP contribution is 2.29. The van der Waals surface area contributed by atoms with Gasteiger partial charge < -0.3 is 5.32 Å². The van der Waals surface area contributed by atoms with Crippen molar-refractivity contribution < 1.29 is 26.7 Å². The van der Waals surface area contributed by atoms with Crippen LogP contribution in [0, 0.1) is 18.6 Å². The lowest BCUT2D eigenvalue weighted by Crippen LogP contribution is -2.14. The molecule has 27 heavy (non-hydrogen) atoms. The highest BCUT2D eigenvalue weighted by atomic mass is 19.4. The predicted molar refractivity (Wildman–Crippen MR) is 87.6 cm³/mol. The topological polar surface area (TPSA) is 46.9 Å². The van der Waals surface area contributed by atoms with E-state index in [0.717, 1.165) is 22.9 Å². The summed E-state index contributed by atoms with van der Waals surface area (Å²) < 4.78 is 65.9. The van der Waals surface area contributed by atoms with Crippen molar-refractivity contribution in [2.45, 2.75) is 13.1 Å². The first kappa shape index (κ1) is 18.6. The Bertz CT molecular complexity index is 993. The molecule has 2 aromatic carbocycles. The number of aromatic nitrogens is 2. The maximum Gasteiger partial charge on any atom is 0.435 e. The third-order valence-electron chi connectivity index (χ3n) is 3.72. The van der Waals surface area contributed by atoms with Crippen LogP contribution in [0.25, 0.3) is 5.69 Å². The van der Waals surface area contributed by atoms with Crippen molar-refractivity contribution in [2.24, 2.45) is 0 Å². The number of amides is 1. The van der Waals surface area contributed by atoms with Crippen molar-refractivity contribution >= 4 is 11.6 Å². The molecule has 1 amide bonds. The summed E-state index contributed by atoms with van der Waals surface area (Å²) in [5.74, 6) is -2.59. The molecule has 9 heteroatoms. The van der Waals surface area contributed by atoms with Crippen molar-refractivity contribution in [2.75, 3.05) is 5.32 Å². The standard InChI is InChI=1S/C18H12F5N3O/c1-10-8-16(18(21,22)23)25-26(10)13-5-3-12(4-6-13)24-17(27)14-7-2-11(19)9-15(14)20/h2-9H,1H3,(H,24,27). The molecular weight excluding hydrogens is 369 g/mol. The number of rotatable bonds is 3. The van der Waals surface area contributed by atoms with Crippen molar-refractivity contribution in [1.82, 2.24) is 9.78 Å². The van der Waals surface area contributed by atoms with E-state index in [1.807, 2.05) is 0 Å². The molecule has 1 heterocycles. The summed E-state index contributed by atoms with van der Waals surface area (Å²) in [5, 5.41) is 5.96. The minimum atomic E-state index is -4.55. The molecular formula is C18H12F5N3O. The van der Waals surface area contributed by atoms with Gasteiger partial charge in [-0.25, -0.2) is 13.5 Å². The molecule has 0 spiro atoms. The molecule has 0 saturated heterocycles. The fourth-order valence-electron chi connectivity index (χ4n) is 2.43. The Labute approximate surface area is 150 Å². The molecule has 0 unspecified atom stereocenters. The van der Waals surface area contributed by atoms with Crippen LogP contribution in [0.15, 0.2) is 48.5 Å². The molecule has 0 aliphatic heterocycles. The number of hydrogen-bond acceptors (Lipinski definition) is 2. The van der Waals surface area contributed by atoms with Crippen LogP contribution in [0.1, 0.15) is 21.7 Å². The highest BCUT2D eigenvalue weighted by molar-refractivity contribution is 6.04. The van der Waals surface area contributed by atoms with E-state index in [2.05, 4.69) is 10.4 Å². The summed E-state index contributed by atoms with van der Waals surface area (Å²) in [6, 6.07) is 9.27. The van der Waals surface area contributed by atoms with E-state index in [1.165, 1.54) is 31.2 Å². The summed E-state index contributed by atoms with van der Waals surface area (Å²) in [7, 11) is 0. The number of nitrogens with one attached hydrogen (secondary N) is 1. The van der Waals surface area contributed by atoms with Gasteiger partial charge >= 0.3 is 6.18 Å². The van der Waals surface area contributed by atoms with Crippen LogP contribution in [0.4, 0.5) is 27.6 Å². The highest BCUT2D eigenvalue weighted by Gasteiger charge is 2.34. The Morgan fingerprint density at radius 2 is 1.70 bits per heavy atom. The van der Waals surface area contributed by atoms with Crippen molar-refractivity contribution in [3.05, 3.63) is 77.1 Å². The second-order valence-corrected chi connectivity index (χ2v) is 5.71. The van der Waals surface area contributed by atoms with E-state index in [4.69, 9.17) is 0 Å². The van der Waals surface area contributed by atoms with Crippen molar-refractivity contribution in [1.29, 1.82) is 0 Å². The van der Waals surface area contributed by atoms with E-state index in [9.17, 15) is 26.7 Å². The average molecular weight is 381 g/mol. The molecule has 1 N–H and O–H groups in total. The quantitative estimate of drug-likeness (QED) is 0.667. The maximum absolute atomic E-state index is 13.6. The van der Waals surface area contributed by atoms with Gasteiger partial charge in [0.25, 0.3) is 5.91 Å². The number of nitrogens with zero attached hydrogens (tertiary/aromatic N) is 2. The van der Waals surface area contributed by atoms with E-state index in [-0.39, 0.29) is 16.9 Å². The van der Waals surface area contributed by atoms with E-state index in [0.29, 0.717) is 11.8 Å². The smallest absolute Gasteiger partial charge is 0.322 e. The molecule has 140 valence electrons. The van der Waals surface area contributed by atoms with Gasteiger partial charge in [-0.2, -0.15) is 18.3 Å². The van der Waals surface area contributed by atoms with Gasteiger partial charge in [0.2, 0.25) is 0 Å². The summed E-state index contributed by atoms with van der Waals surface area (Å²) in [6.45, 7) is 1.48. The summed E-state index contributed by atoms with van der Waals surface area (Å²) in [5.41, 5.74) is -0.419. The number of hydrogen-bond donors (Lipinski definition) is 1. The fraction of sp³-hybridized carbons (Fsp3) is 0.111. The lowest BCUT2D eigenvalue weighted by Gasteiger charge is -2.09. The first-order valence-electron chi connectivity index (χ1n) is 7.66. The Kier molecular flexibility index (Phi) is 4.69. The Morgan fingerprint density at radius 3 is 2.26 bits per heavy atom. The molecule has 4 nitrogen and oxygen atoms in total. The maximum atomic E-state index is 13.6. The lowest BCUT2D eigenvalue weighted by molar-refractivity contribution is -0.141. The fourth-order valence-corrected chi connectivity index (χ4v) is 2.43. The number of carbonyl (C=O) groups is 1. The van der Waals surface area contributed by atoms with E-state index in [1.54, 1.807) is 0 Å². The van der Waals surface area contributed by atoms with Crippen LogP contribution in [-0.4, -0.2) is 15.7 Å². The molecule has 0 atom stereocenters. The van der Waals surface area contributed by atoms with E-state index >= 15 is 0 Å². The predicted octanol–water partition coefficient (Wildman–Crippen LogP) is 4.73. The number of halogens is 5. The number of anilines is 1. The minimum Gasteiger partial charge on any atom is -0.322 e. The van der Waals surface area contributed by atoms with Gasteiger partial charge in [0.15, 0.2) is 5.69 Å². The SMILES string of the molecule is Cc1cc(C(F)(F)F)nn1-c1ccc(NC(=O)c2ccc(F)cc2F)cc1. The number of carbonyl (C=O) groups excluding carboxylic acids is 1. The number of alkyl halides is 3. The van der Waals surface area contributed by atoms with Gasteiger partial charge in [-0.3, -0.25) is 4.79 Å². The molecule has 1 aromatic heterocycles. The molecule has 0 fully saturated rings. The van der Waals surface area contributed by atoms with E-state index < -0.39 is 29.4 Å². The molecule has 3 rings (SSSR count). The van der Waals surface area contributed by atoms with Crippen LogP contribution in [-0.2, 0) is 6.18 Å². The van der Waals surface area contributed by atoms with Crippen molar-refractivity contribution in [3.63, 3.8) is 0 Å². The zero-order valence-electron chi connectivity index (χ0n) is 13.8.